The van der Waals surface area contributed by atoms with Crippen molar-refractivity contribution in [1.82, 2.24) is 13.7 Å². The number of fused-ring (bicyclic) bond motifs is 5. The van der Waals surface area contributed by atoms with Gasteiger partial charge in [0, 0.05) is 14.1 Å². The maximum Gasteiger partial charge on any atom is 0.331 e. The SMILES string of the molecule is CCOc1ccc([C@@H]2Nc3ccccc3-n3c(-c4ccc(C)cc4)c4c(=O)n(C)c(=O)n(C)c4c32)cc1. The second kappa shape index (κ2) is 8.55. The van der Waals surface area contributed by atoms with Crippen LogP contribution < -0.4 is 21.3 Å². The first-order valence-corrected chi connectivity index (χ1v) is 12.4. The van der Waals surface area contributed by atoms with Gasteiger partial charge in [0.2, 0.25) is 0 Å². The first-order chi connectivity index (χ1) is 17.9. The number of hydrogen-bond donors (Lipinski definition) is 1. The molecule has 0 amide bonds. The van der Waals surface area contributed by atoms with Crippen LogP contribution in [0.1, 0.15) is 29.8 Å². The highest BCUT2D eigenvalue weighted by atomic mass is 16.5. The number of anilines is 1. The highest BCUT2D eigenvalue weighted by Crippen LogP contribution is 2.45. The number of benzene rings is 3. The van der Waals surface area contributed by atoms with Crippen molar-refractivity contribution in [3.63, 3.8) is 0 Å². The summed E-state index contributed by atoms with van der Waals surface area (Å²) < 4.78 is 10.6. The van der Waals surface area contributed by atoms with Gasteiger partial charge in [0.25, 0.3) is 5.56 Å². The molecule has 1 aliphatic heterocycles. The summed E-state index contributed by atoms with van der Waals surface area (Å²) in [7, 11) is 3.27. The van der Waals surface area contributed by atoms with E-state index in [0.29, 0.717) is 17.5 Å². The van der Waals surface area contributed by atoms with Crippen LogP contribution in [0.3, 0.4) is 0 Å². The third kappa shape index (κ3) is 3.42. The van der Waals surface area contributed by atoms with Crippen molar-refractivity contribution in [3.05, 3.63) is 110 Å². The Labute approximate surface area is 214 Å². The zero-order chi connectivity index (χ0) is 25.8. The van der Waals surface area contributed by atoms with Crippen molar-refractivity contribution in [3.8, 4) is 22.7 Å². The highest BCUT2D eigenvalue weighted by Gasteiger charge is 2.34. The Hall–Kier alpha value is -4.52. The Balaban J connectivity index is 1.78. The molecule has 0 aliphatic carbocycles. The lowest BCUT2D eigenvalue weighted by Crippen LogP contribution is -2.37. The second-order valence-electron chi connectivity index (χ2n) is 9.46. The molecule has 186 valence electrons. The Morgan fingerprint density at radius 3 is 2.30 bits per heavy atom. The van der Waals surface area contributed by atoms with E-state index in [0.717, 1.165) is 45.2 Å². The molecule has 0 unspecified atom stereocenters. The minimum absolute atomic E-state index is 0.301. The lowest BCUT2D eigenvalue weighted by atomic mass is 9.99. The van der Waals surface area contributed by atoms with E-state index in [1.165, 1.54) is 11.6 Å². The van der Waals surface area contributed by atoms with E-state index in [9.17, 15) is 9.59 Å². The highest BCUT2D eigenvalue weighted by molar-refractivity contribution is 5.99. The monoisotopic (exact) mass is 492 g/mol. The van der Waals surface area contributed by atoms with Gasteiger partial charge in [0.05, 0.1) is 46.3 Å². The van der Waals surface area contributed by atoms with Gasteiger partial charge in [-0.1, -0.05) is 54.1 Å². The Bertz CT molecular complexity index is 1770. The van der Waals surface area contributed by atoms with Gasteiger partial charge in [-0.3, -0.25) is 13.9 Å². The lowest BCUT2D eigenvalue weighted by Gasteiger charge is -2.31. The van der Waals surface area contributed by atoms with Crippen LogP contribution in [0.4, 0.5) is 5.69 Å². The largest absolute Gasteiger partial charge is 0.494 e. The van der Waals surface area contributed by atoms with E-state index in [1.54, 1.807) is 11.6 Å². The fourth-order valence-electron chi connectivity index (χ4n) is 5.38. The minimum atomic E-state index is -0.356. The predicted molar refractivity (Wildman–Crippen MR) is 147 cm³/mol. The average molecular weight is 493 g/mol. The molecule has 7 heteroatoms. The summed E-state index contributed by atoms with van der Waals surface area (Å²) in [4.78, 5) is 26.9. The molecule has 6 rings (SSSR count). The molecule has 37 heavy (non-hydrogen) atoms. The first kappa shape index (κ1) is 22.9. The third-order valence-corrected chi connectivity index (χ3v) is 7.18. The zero-order valence-corrected chi connectivity index (χ0v) is 21.3. The van der Waals surface area contributed by atoms with E-state index in [-0.39, 0.29) is 17.3 Å². The van der Waals surface area contributed by atoms with Gasteiger partial charge < -0.3 is 14.6 Å². The van der Waals surface area contributed by atoms with Crippen LogP contribution in [-0.4, -0.2) is 20.3 Å². The molecule has 5 aromatic rings. The number of para-hydroxylation sites is 2. The van der Waals surface area contributed by atoms with Crippen molar-refractivity contribution in [2.24, 2.45) is 14.1 Å². The maximum atomic E-state index is 13.8. The Morgan fingerprint density at radius 2 is 1.59 bits per heavy atom. The van der Waals surface area contributed by atoms with Gasteiger partial charge in [-0.05, 0) is 49.2 Å². The number of aryl methyl sites for hydroxylation is 2. The summed E-state index contributed by atoms with van der Waals surface area (Å²) in [5, 5.41) is 4.21. The van der Waals surface area contributed by atoms with Crippen molar-refractivity contribution in [1.29, 1.82) is 0 Å². The standard InChI is InChI=1S/C30H28N4O3/c1-5-37-21-16-14-19(15-17-21)25-28-27-24(29(35)33(4)30(36)32(27)3)26(20-12-10-18(2)11-13-20)34(28)23-9-7-6-8-22(23)31-25/h6-17,25,31H,5H2,1-4H3/t25-/m0/s1. The molecular weight excluding hydrogens is 464 g/mol. The molecule has 0 fully saturated rings. The summed E-state index contributed by atoms with van der Waals surface area (Å²) in [5.41, 5.74) is 6.53. The molecule has 0 spiro atoms. The summed E-state index contributed by atoms with van der Waals surface area (Å²) >= 11 is 0. The zero-order valence-electron chi connectivity index (χ0n) is 21.3. The normalized spacial score (nSPS) is 14.2. The van der Waals surface area contributed by atoms with Crippen molar-refractivity contribution in [2.75, 3.05) is 11.9 Å². The molecule has 3 heterocycles. The molecule has 1 aliphatic rings. The smallest absolute Gasteiger partial charge is 0.331 e. The molecule has 1 atom stereocenters. The summed E-state index contributed by atoms with van der Waals surface area (Å²) in [6.45, 7) is 4.59. The number of nitrogens with one attached hydrogen (secondary N) is 1. The Morgan fingerprint density at radius 1 is 0.892 bits per heavy atom. The average Bonchev–Trinajstić information content (AvgIpc) is 3.28. The van der Waals surface area contributed by atoms with E-state index in [2.05, 4.69) is 9.88 Å². The second-order valence-corrected chi connectivity index (χ2v) is 9.46. The van der Waals surface area contributed by atoms with Crippen molar-refractivity contribution in [2.45, 2.75) is 19.9 Å². The number of nitrogens with zero attached hydrogens (tertiary/aromatic N) is 3. The first-order valence-electron chi connectivity index (χ1n) is 12.4. The number of hydrogen-bond acceptors (Lipinski definition) is 4. The molecule has 0 bridgehead atoms. The molecule has 7 nitrogen and oxygen atoms in total. The summed E-state index contributed by atoms with van der Waals surface area (Å²) in [6, 6.07) is 23.9. The summed E-state index contributed by atoms with van der Waals surface area (Å²) in [5.74, 6) is 0.796. The van der Waals surface area contributed by atoms with Crippen LogP contribution in [-0.2, 0) is 14.1 Å². The van der Waals surface area contributed by atoms with E-state index in [4.69, 9.17) is 4.74 Å². The van der Waals surface area contributed by atoms with Crippen LogP contribution in [0, 0.1) is 6.92 Å². The van der Waals surface area contributed by atoms with E-state index >= 15 is 0 Å². The fourth-order valence-corrected chi connectivity index (χ4v) is 5.38. The number of ether oxygens (including phenoxy) is 1. The maximum absolute atomic E-state index is 13.8. The quantitative estimate of drug-likeness (QED) is 0.387. The van der Waals surface area contributed by atoms with Gasteiger partial charge in [0.1, 0.15) is 5.75 Å². The van der Waals surface area contributed by atoms with Crippen molar-refractivity contribution < 1.29 is 4.74 Å². The topological polar surface area (TPSA) is 70.2 Å². The van der Waals surface area contributed by atoms with Gasteiger partial charge >= 0.3 is 5.69 Å². The van der Waals surface area contributed by atoms with Gasteiger partial charge in [-0.2, -0.15) is 0 Å². The fraction of sp³-hybridized carbons (Fsp3) is 0.200. The van der Waals surface area contributed by atoms with E-state index < -0.39 is 0 Å². The number of rotatable bonds is 4. The van der Waals surface area contributed by atoms with Crippen LogP contribution in [0.25, 0.3) is 27.8 Å². The molecule has 0 saturated carbocycles. The molecule has 0 saturated heterocycles. The molecule has 2 aromatic heterocycles. The van der Waals surface area contributed by atoms with Gasteiger partial charge in [-0.15, -0.1) is 0 Å². The number of aromatic nitrogens is 3. The van der Waals surface area contributed by atoms with Crippen LogP contribution in [0.2, 0.25) is 0 Å². The molecular formula is C30H28N4O3. The minimum Gasteiger partial charge on any atom is -0.494 e. The predicted octanol–water partition coefficient (Wildman–Crippen LogP) is 4.92. The van der Waals surface area contributed by atoms with Crippen LogP contribution >= 0.6 is 0 Å². The van der Waals surface area contributed by atoms with Gasteiger partial charge in [-0.25, -0.2) is 4.79 Å². The van der Waals surface area contributed by atoms with Gasteiger partial charge in [0.15, 0.2) is 0 Å². The van der Waals surface area contributed by atoms with Crippen molar-refractivity contribution >= 4 is 16.6 Å². The van der Waals surface area contributed by atoms with E-state index in [1.807, 2.05) is 86.6 Å². The molecule has 1 N–H and O–H groups in total. The Kier molecular flexibility index (Phi) is 5.30. The molecule has 3 aromatic carbocycles. The lowest BCUT2D eigenvalue weighted by molar-refractivity contribution is 0.340. The summed E-state index contributed by atoms with van der Waals surface area (Å²) in [6.07, 6.45) is 0. The van der Waals surface area contributed by atoms with Crippen LogP contribution in [0.15, 0.2) is 82.4 Å². The third-order valence-electron chi connectivity index (χ3n) is 7.18. The van der Waals surface area contributed by atoms with Crippen LogP contribution in [0.5, 0.6) is 5.75 Å². The molecule has 0 radical (unpaired) electrons.